The molecule has 33 heavy (non-hydrogen) atoms. The molecule has 2 aromatic heterocycles. The van der Waals surface area contributed by atoms with Gasteiger partial charge in [-0.1, -0.05) is 6.07 Å². The third kappa shape index (κ3) is 4.84. The van der Waals surface area contributed by atoms with E-state index in [9.17, 15) is 13.6 Å². The van der Waals surface area contributed by atoms with Gasteiger partial charge in [0.1, 0.15) is 22.7 Å². The quantitative estimate of drug-likeness (QED) is 0.552. The van der Waals surface area contributed by atoms with Crippen molar-refractivity contribution in [2.75, 3.05) is 25.0 Å². The SMILES string of the molecule is CN(c1cc2c(cn1)ncn2C)c1ccc(C2CN(C(=O)OC(C)(C)C)C2)cc1OC(F)F. The summed E-state index contributed by atoms with van der Waals surface area (Å²) in [5, 5.41) is 0. The molecular weight excluding hydrogens is 432 g/mol. The number of anilines is 2. The second kappa shape index (κ2) is 8.49. The number of amides is 1. The van der Waals surface area contributed by atoms with Crippen LogP contribution >= 0.6 is 0 Å². The van der Waals surface area contributed by atoms with Crippen LogP contribution in [0.1, 0.15) is 32.3 Å². The Morgan fingerprint density at radius 1 is 1.21 bits per heavy atom. The molecule has 0 bridgehead atoms. The number of aromatic nitrogens is 3. The summed E-state index contributed by atoms with van der Waals surface area (Å²) in [6.45, 7) is 3.37. The van der Waals surface area contributed by atoms with Crippen LogP contribution in [-0.2, 0) is 11.8 Å². The van der Waals surface area contributed by atoms with Crippen molar-refractivity contribution in [3.63, 3.8) is 0 Å². The first kappa shape index (κ1) is 22.8. The molecule has 176 valence electrons. The van der Waals surface area contributed by atoms with Crippen LogP contribution in [0.25, 0.3) is 11.0 Å². The van der Waals surface area contributed by atoms with Gasteiger partial charge in [-0.3, -0.25) is 0 Å². The van der Waals surface area contributed by atoms with E-state index < -0.39 is 12.2 Å². The summed E-state index contributed by atoms with van der Waals surface area (Å²) in [6.07, 6.45) is 2.95. The lowest BCUT2D eigenvalue weighted by Gasteiger charge is -2.40. The van der Waals surface area contributed by atoms with Crippen molar-refractivity contribution in [2.24, 2.45) is 7.05 Å². The van der Waals surface area contributed by atoms with Crippen LogP contribution in [0.5, 0.6) is 5.75 Å². The number of aryl methyl sites for hydroxylation is 1. The number of imidazole rings is 1. The van der Waals surface area contributed by atoms with Crippen molar-refractivity contribution in [3.05, 3.63) is 42.4 Å². The molecule has 1 aliphatic heterocycles. The summed E-state index contributed by atoms with van der Waals surface area (Å²) in [5.74, 6) is 0.631. The average molecular weight is 459 g/mol. The van der Waals surface area contributed by atoms with Crippen molar-refractivity contribution in [1.82, 2.24) is 19.4 Å². The molecule has 1 amide bonds. The Labute approximate surface area is 190 Å². The fraction of sp³-hybridized carbons (Fsp3) is 0.435. The van der Waals surface area contributed by atoms with E-state index in [4.69, 9.17) is 9.47 Å². The highest BCUT2D eigenvalue weighted by Crippen LogP contribution is 2.38. The number of carbonyl (C=O) groups is 1. The van der Waals surface area contributed by atoms with E-state index in [0.29, 0.717) is 24.6 Å². The van der Waals surface area contributed by atoms with Crippen LogP contribution in [0.15, 0.2) is 36.8 Å². The normalized spacial score (nSPS) is 14.5. The Morgan fingerprint density at radius 2 is 1.94 bits per heavy atom. The zero-order valence-electron chi connectivity index (χ0n) is 19.2. The van der Waals surface area contributed by atoms with Crippen molar-refractivity contribution in [1.29, 1.82) is 0 Å². The van der Waals surface area contributed by atoms with Gasteiger partial charge in [-0.05, 0) is 38.5 Å². The maximum atomic E-state index is 13.2. The molecular formula is C23H27F2N5O3. The number of halogens is 2. The Bertz CT molecular complexity index is 1170. The maximum Gasteiger partial charge on any atom is 0.410 e. The van der Waals surface area contributed by atoms with E-state index in [1.807, 2.05) is 44.5 Å². The number of benzene rings is 1. The van der Waals surface area contributed by atoms with Crippen LogP contribution in [0.3, 0.4) is 0 Å². The molecule has 3 heterocycles. The van der Waals surface area contributed by atoms with E-state index in [1.54, 1.807) is 41.5 Å². The topological polar surface area (TPSA) is 72.7 Å². The largest absolute Gasteiger partial charge is 0.444 e. The number of likely N-dealkylation sites (tertiary alicyclic amines) is 1. The van der Waals surface area contributed by atoms with Crippen molar-refractivity contribution < 1.29 is 23.0 Å². The first-order chi connectivity index (χ1) is 15.5. The van der Waals surface area contributed by atoms with E-state index in [1.165, 1.54) is 0 Å². The molecule has 10 heteroatoms. The second-order valence-electron chi connectivity index (χ2n) is 9.13. The molecule has 1 aliphatic rings. The number of hydrogen-bond acceptors (Lipinski definition) is 6. The maximum absolute atomic E-state index is 13.2. The van der Waals surface area contributed by atoms with Gasteiger partial charge in [-0.25, -0.2) is 14.8 Å². The predicted molar refractivity (Wildman–Crippen MR) is 120 cm³/mol. The van der Waals surface area contributed by atoms with Gasteiger partial charge in [0, 0.05) is 39.2 Å². The number of carbonyl (C=O) groups excluding carboxylic acids is 1. The fourth-order valence-electron chi connectivity index (χ4n) is 3.74. The average Bonchev–Trinajstić information content (AvgIpc) is 3.05. The lowest BCUT2D eigenvalue weighted by Crippen LogP contribution is -2.50. The van der Waals surface area contributed by atoms with E-state index >= 15 is 0 Å². The van der Waals surface area contributed by atoms with Gasteiger partial charge in [0.25, 0.3) is 0 Å². The van der Waals surface area contributed by atoms with E-state index in [2.05, 4.69) is 9.97 Å². The molecule has 0 radical (unpaired) electrons. The molecule has 0 saturated carbocycles. The summed E-state index contributed by atoms with van der Waals surface area (Å²) < 4.78 is 38.5. The van der Waals surface area contributed by atoms with Gasteiger partial charge in [0.15, 0.2) is 0 Å². The molecule has 4 rings (SSSR count). The second-order valence-corrected chi connectivity index (χ2v) is 9.13. The van der Waals surface area contributed by atoms with Crippen molar-refractivity contribution in [2.45, 2.75) is 38.9 Å². The lowest BCUT2D eigenvalue weighted by molar-refractivity contribution is -0.0495. The summed E-state index contributed by atoms with van der Waals surface area (Å²) in [4.78, 5) is 24.1. The first-order valence-electron chi connectivity index (χ1n) is 10.6. The van der Waals surface area contributed by atoms with Crippen LogP contribution < -0.4 is 9.64 Å². The number of hydrogen-bond donors (Lipinski definition) is 0. The van der Waals surface area contributed by atoms with Gasteiger partial charge < -0.3 is 23.8 Å². The predicted octanol–water partition coefficient (Wildman–Crippen LogP) is 4.67. The van der Waals surface area contributed by atoms with E-state index in [-0.39, 0.29) is 17.8 Å². The number of fused-ring (bicyclic) bond motifs is 1. The third-order valence-electron chi connectivity index (χ3n) is 5.51. The third-order valence-corrected chi connectivity index (χ3v) is 5.51. The van der Waals surface area contributed by atoms with Crippen LogP contribution in [0, 0.1) is 0 Å². The molecule has 0 aliphatic carbocycles. The molecule has 1 fully saturated rings. The van der Waals surface area contributed by atoms with Gasteiger partial charge in [0.05, 0.1) is 23.7 Å². The van der Waals surface area contributed by atoms with Gasteiger partial charge >= 0.3 is 12.7 Å². The summed E-state index contributed by atoms with van der Waals surface area (Å²) >= 11 is 0. The minimum absolute atomic E-state index is 0.0146. The molecule has 8 nitrogen and oxygen atoms in total. The fourth-order valence-corrected chi connectivity index (χ4v) is 3.74. The van der Waals surface area contributed by atoms with Crippen LogP contribution in [0.4, 0.5) is 25.1 Å². The highest BCUT2D eigenvalue weighted by molar-refractivity contribution is 5.79. The van der Waals surface area contributed by atoms with Gasteiger partial charge in [-0.15, -0.1) is 0 Å². The van der Waals surface area contributed by atoms with Gasteiger partial charge in [0.2, 0.25) is 0 Å². The van der Waals surface area contributed by atoms with E-state index in [0.717, 1.165) is 16.6 Å². The zero-order chi connectivity index (χ0) is 23.9. The van der Waals surface area contributed by atoms with Crippen molar-refractivity contribution in [3.8, 4) is 5.75 Å². The van der Waals surface area contributed by atoms with Crippen LogP contribution in [-0.4, -0.2) is 57.9 Å². The molecule has 1 aromatic carbocycles. The highest BCUT2D eigenvalue weighted by Gasteiger charge is 2.35. The number of rotatable bonds is 5. The zero-order valence-corrected chi connectivity index (χ0v) is 19.2. The Hall–Kier alpha value is -3.43. The minimum Gasteiger partial charge on any atom is -0.444 e. The van der Waals surface area contributed by atoms with Crippen molar-refractivity contribution >= 4 is 28.6 Å². The number of alkyl halides is 2. The molecule has 3 aromatic rings. The Kier molecular flexibility index (Phi) is 5.85. The summed E-state index contributed by atoms with van der Waals surface area (Å²) in [5.41, 5.74) is 2.32. The lowest BCUT2D eigenvalue weighted by atomic mass is 9.91. The Balaban J connectivity index is 1.55. The molecule has 0 unspecified atom stereocenters. The Morgan fingerprint density at radius 3 is 2.61 bits per heavy atom. The minimum atomic E-state index is -2.97. The summed E-state index contributed by atoms with van der Waals surface area (Å²) in [7, 11) is 3.61. The standard InChI is InChI=1S/C23H27F2N5O3/c1-23(2,3)33-22(31)30-11-15(12-30)14-6-7-17(19(8-14)32-21(24)25)29(5)20-9-18-16(10-26-20)27-13-28(18)4/h6-10,13,15,21H,11-12H2,1-5H3. The van der Waals surface area contributed by atoms with Gasteiger partial charge in [-0.2, -0.15) is 8.78 Å². The number of ether oxygens (including phenoxy) is 2. The summed E-state index contributed by atoms with van der Waals surface area (Å²) in [6, 6.07) is 7.05. The smallest absolute Gasteiger partial charge is 0.410 e. The molecule has 1 saturated heterocycles. The molecule has 0 atom stereocenters. The first-order valence-corrected chi connectivity index (χ1v) is 10.6. The number of pyridine rings is 1. The highest BCUT2D eigenvalue weighted by atomic mass is 19.3. The number of nitrogens with zero attached hydrogens (tertiary/aromatic N) is 5. The van der Waals surface area contributed by atoms with Crippen LogP contribution in [0.2, 0.25) is 0 Å². The molecule has 0 spiro atoms. The molecule has 0 N–H and O–H groups in total. The monoisotopic (exact) mass is 459 g/mol.